The molecule has 1 atom stereocenters. The zero-order valence-corrected chi connectivity index (χ0v) is 9.71. The van der Waals surface area contributed by atoms with Crippen molar-refractivity contribution >= 4 is 0 Å². The molecule has 1 rings (SSSR count). The third kappa shape index (κ3) is 2.58. The summed E-state index contributed by atoms with van der Waals surface area (Å²) in [6.07, 6.45) is 2.95. The third-order valence-electron chi connectivity index (χ3n) is 3.28. The second kappa shape index (κ2) is 4.45. The molecule has 1 fully saturated rings. The van der Waals surface area contributed by atoms with Gasteiger partial charge in [-0.15, -0.1) is 6.58 Å². The maximum atomic E-state index is 10.1. The molecule has 0 aliphatic carbocycles. The second-order valence-electron chi connectivity index (χ2n) is 5.02. The van der Waals surface area contributed by atoms with Crippen LogP contribution in [-0.2, 0) is 0 Å². The molecule has 14 heavy (non-hydrogen) atoms. The lowest BCUT2D eigenvalue weighted by atomic mass is 9.91. The molecule has 0 radical (unpaired) electrons. The second-order valence-corrected chi connectivity index (χ2v) is 5.02. The van der Waals surface area contributed by atoms with Crippen molar-refractivity contribution in [2.75, 3.05) is 13.1 Å². The van der Waals surface area contributed by atoms with Crippen molar-refractivity contribution in [3.8, 4) is 0 Å². The molecule has 2 heteroatoms. The maximum absolute atomic E-state index is 10.1. The Balaban J connectivity index is 2.57. The Hall–Kier alpha value is -0.340. The number of rotatable bonds is 4. The molecular formula is C12H23NO. The summed E-state index contributed by atoms with van der Waals surface area (Å²) in [6.45, 7) is 12.3. The Morgan fingerprint density at radius 3 is 2.36 bits per heavy atom. The van der Waals surface area contributed by atoms with E-state index in [1.165, 1.54) is 12.8 Å². The first-order valence-electron chi connectivity index (χ1n) is 5.52. The van der Waals surface area contributed by atoms with E-state index in [1.54, 1.807) is 0 Å². The minimum Gasteiger partial charge on any atom is -0.391 e. The Morgan fingerprint density at radius 1 is 1.43 bits per heavy atom. The Bertz CT molecular complexity index is 204. The van der Waals surface area contributed by atoms with Gasteiger partial charge in [-0.1, -0.05) is 5.57 Å². The molecule has 1 aliphatic heterocycles. The molecular weight excluding hydrogens is 174 g/mol. The van der Waals surface area contributed by atoms with Crippen LogP contribution < -0.4 is 0 Å². The van der Waals surface area contributed by atoms with Gasteiger partial charge >= 0.3 is 0 Å². The molecule has 82 valence electrons. The van der Waals surface area contributed by atoms with Crippen molar-refractivity contribution in [1.29, 1.82) is 0 Å². The largest absolute Gasteiger partial charge is 0.391 e. The van der Waals surface area contributed by atoms with Gasteiger partial charge in [0.15, 0.2) is 0 Å². The van der Waals surface area contributed by atoms with E-state index in [9.17, 15) is 5.11 Å². The maximum Gasteiger partial charge on any atom is 0.0755 e. The minimum atomic E-state index is -0.293. The average Bonchev–Trinajstić information content (AvgIpc) is 2.54. The van der Waals surface area contributed by atoms with Crippen LogP contribution in [0.1, 0.15) is 40.0 Å². The van der Waals surface area contributed by atoms with Gasteiger partial charge in [-0.3, -0.25) is 4.90 Å². The van der Waals surface area contributed by atoms with E-state index in [0.29, 0.717) is 6.42 Å². The molecule has 0 saturated carbocycles. The molecule has 0 aromatic carbocycles. The van der Waals surface area contributed by atoms with Crippen LogP contribution in [-0.4, -0.2) is 34.7 Å². The molecule has 0 aromatic rings. The highest BCUT2D eigenvalue weighted by Crippen LogP contribution is 2.26. The standard InChI is InChI=1S/C12H23NO/c1-10(2)9-11(14)12(3,4)13-7-5-6-8-13/h11,14H,1,5-9H2,2-4H3. The number of aliphatic hydroxyl groups is 1. The molecule has 1 N–H and O–H groups in total. The molecule has 1 aliphatic rings. The van der Waals surface area contributed by atoms with Crippen molar-refractivity contribution < 1.29 is 5.11 Å². The monoisotopic (exact) mass is 197 g/mol. The highest BCUT2D eigenvalue weighted by atomic mass is 16.3. The van der Waals surface area contributed by atoms with Crippen molar-refractivity contribution in [2.45, 2.75) is 51.7 Å². The summed E-state index contributed by atoms with van der Waals surface area (Å²) in [5.74, 6) is 0. The van der Waals surface area contributed by atoms with Gasteiger partial charge in [0.2, 0.25) is 0 Å². The lowest BCUT2D eigenvalue weighted by molar-refractivity contribution is 0.00348. The predicted octanol–water partition coefficient (Wildman–Crippen LogP) is 2.19. The van der Waals surface area contributed by atoms with E-state index < -0.39 is 0 Å². The number of likely N-dealkylation sites (tertiary alicyclic amines) is 1. The normalized spacial score (nSPS) is 21.1. The fourth-order valence-electron chi connectivity index (χ4n) is 2.08. The molecule has 0 spiro atoms. The van der Waals surface area contributed by atoms with Gasteiger partial charge in [0.25, 0.3) is 0 Å². The molecule has 1 saturated heterocycles. The van der Waals surface area contributed by atoms with Crippen molar-refractivity contribution in [2.24, 2.45) is 0 Å². The van der Waals surface area contributed by atoms with E-state index >= 15 is 0 Å². The Morgan fingerprint density at radius 2 is 1.93 bits per heavy atom. The number of nitrogens with zero attached hydrogens (tertiary/aromatic N) is 1. The quantitative estimate of drug-likeness (QED) is 0.698. The van der Waals surface area contributed by atoms with Crippen LogP contribution in [0, 0.1) is 0 Å². The topological polar surface area (TPSA) is 23.5 Å². The summed E-state index contributed by atoms with van der Waals surface area (Å²) in [5.41, 5.74) is 0.958. The van der Waals surface area contributed by atoms with Crippen LogP contribution in [0.3, 0.4) is 0 Å². The van der Waals surface area contributed by atoms with Crippen molar-refractivity contribution in [1.82, 2.24) is 4.90 Å². The molecule has 2 nitrogen and oxygen atoms in total. The van der Waals surface area contributed by atoms with Gasteiger partial charge in [-0.05, 0) is 53.1 Å². The van der Waals surface area contributed by atoms with Crippen molar-refractivity contribution in [3.63, 3.8) is 0 Å². The number of hydrogen-bond donors (Lipinski definition) is 1. The van der Waals surface area contributed by atoms with Gasteiger partial charge in [0.1, 0.15) is 0 Å². The minimum absolute atomic E-state index is 0.102. The van der Waals surface area contributed by atoms with E-state index in [4.69, 9.17) is 0 Å². The van der Waals surface area contributed by atoms with Crippen LogP contribution in [0.25, 0.3) is 0 Å². The molecule has 1 unspecified atom stereocenters. The number of aliphatic hydroxyl groups excluding tert-OH is 1. The van der Waals surface area contributed by atoms with Gasteiger partial charge in [-0.25, -0.2) is 0 Å². The van der Waals surface area contributed by atoms with Gasteiger partial charge in [0.05, 0.1) is 6.10 Å². The highest BCUT2D eigenvalue weighted by Gasteiger charge is 2.35. The van der Waals surface area contributed by atoms with Crippen LogP contribution in [0.4, 0.5) is 0 Å². The van der Waals surface area contributed by atoms with Gasteiger partial charge in [0, 0.05) is 5.54 Å². The lowest BCUT2D eigenvalue weighted by Crippen LogP contribution is -2.51. The first kappa shape index (κ1) is 11.7. The van der Waals surface area contributed by atoms with Crippen LogP contribution in [0.5, 0.6) is 0 Å². The van der Waals surface area contributed by atoms with Gasteiger partial charge < -0.3 is 5.11 Å². The summed E-state index contributed by atoms with van der Waals surface area (Å²) < 4.78 is 0. The average molecular weight is 197 g/mol. The highest BCUT2D eigenvalue weighted by molar-refractivity contribution is 4.99. The molecule has 1 heterocycles. The third-order valence-corrected chi connectivity index (χ3v) is 3.28. The zero-order chi connectivity index (χ0) is 10.8. The first-order valence-corrected chi connectivity index (χ1v) is 5.52. The SMILES string of the molecule is C=C(C)CC(O)C(C)(C)N1CCCC1. The fourth-order valence-corrected chi connectivity index (χ4v) is 2.08. The smallest absolute Gasteiger partial charge is 0.0755 e. The van der Waals surface area contributed by atoms with Crippen molar-refractivity contribution in [3.05, 3.63) is 12.2 Å². The summed E-state index contributed by atoms with van der Waals surface area (Å²) in [7, 11) is 0. The molecule has 0 bridgehead atoms. The zero-order valence-electron chi connectivity index (χ0n) is 9.71. The molecule has 0 aromatic heterocycles. The summed E-state index contributed by atoms with van der Waals surface area (Å²) >= 11 is 0. The van der Waals surface area contributed by atoms with E-state index in [-0.39, 0.29) is 11.6 Å². The predicted molar refractivity (Wildman–Crippen MR) is 60.3 cm³/mol. The summed E-state index contributed by atoms with van der Waals surface area (Å²) in [5, 5.41) is 10.1. The fraction of sp³-hybridized carbons (Fsp3) is 0.833. The Labute approximate surface area is 87.6 Å². The van der Waals surface area contributed by atoms with Crippen LogP contribution in [0.15, 0.2) is 12.2 Å². The van der Waals surface area contributed by atoms with Gasteiger partial charge in [-0.2, -0.15) is 0 Å². The summed E-state index contributed by atoms with van der Waals surface area (Å²) in [6, 6.07) is 0. The lowest BCUT2D eigenvalue weighted by Gasteiger charge is -2.39. The summed E-state index contributed by atoms with van der Waals surface area (Å²) in [4.78, 5) is 2.39. The van der Waals surface area contributed by atoms with Crippen LogP contribution in [0.2, 0.25) is 0 Å². The van der Waals surface area contributed by atoms with E-state index in [0.717, 1.165) is 18.7 Å². The molecule has 0 amide bonds. The Kier molecular flexibility index (Phi) is 3.73. The van der Waals surface area contributed by atoms with Crippen LogP contribution >= 0.6 is 0 Å². The van der Waals surface area contributed by atoms with E-state index in [2.05, 4.69) is 25.3 Å². The first-order chi connectivity index (χ1) is 6.44. The number of hydrogen-bond acceptors (Lipinski definition) is 2. The van der Waals surface area contributed by atoms with E-state index in [1.807, 2.05) is 6.92 Å².